The second-order valence-corrected chi connectivity index (χ2v) is 11.6. The van der Waals surface area contributed by atoms with Gasteiger partial charge in [-0.2, -0.15) is 0 Å². The summed E-state index contributed by atoms with van der Waals surface area (Å²) in [6, 6.07) is 25.1. The van der Waals surface area contributed by atoms with Crippen molar-refractivity contribution in [1.29, 1.82) is 0 Å². The summed E-state index contributed by atoms with van der Waals surface area (Å²) in [4.78, 5) is 36.6. The van der Waals surface area contributed by atoms with Crippen LogP contribution in [-0.2, 0) is 6.54 Å². The van der Waals surface area contributed by atoms with Gasteiger partial charge in [-0.15, -0.1) is 11.8 Å². The van der Waals surface area contributed by atoms with Crippen LogP contribution in [0.2, 0.25) is 0 Å². The smallest absolute Gasteiger partial charge is 0.262 e. The van der Waals surface area contributed by atoms with Gasteiger partial charge in [0, 0.05) is 17.0 Å². The van der Waals surface area contributed by atoms with Gasteiger partial charge < -0.3 is 10.6 Å². The Hall–Kier alpha value is -3.68. The normalized spacial score (nSPS) is 12.0. The molecule has 3 aromatic carbocycles. The third-order valence-electron chi connectivity index (χ3n) is 7.34. The number of aryl methyl sites for hydroxylation is 2. The predicted molar refractivity (Wildman–Crippen MR) is 169 cm³/mol. The molecule has 7 heteroatoms. The summed E-state index contributed by atoms with van der Waals surface area (Å²) in [6.07, 6.45) is 2.67. The fraction of sp³-hybridized carbons (Fsp3) is 0.324. The Labute approximate surface area is 247 Å². The lowest BCUT2D eigenvalue weighted by Crippen LogP contribution is -2.42. The minimum atomic E-state index is -0.432. The summed E-state index contributed by atoms with van der Waals surface area (Å²) in [5.41, 5.74) is 10.6. The Kier molecular flexibility index (Phi) is 10.2. The highest BCUT2D eigenvalue weighted by Crippen LogP contribution is 2.31. The van der Waals surface area contributed by atoms with Gasteiger partial charge in [0.2, 0.25) is 0 Å². The molecule has 0 radical (unpaired) electrons. The van der Waals surface area contributed by atoms with Crippen molar-refractivity contribution in [2.45, 2.75) is 51.6 Å². The fourth-order valence-electron chi connectivity index (χ4n) is 5.20. The Balaban J connectivity index is 1.92. The summed E-state index contributed by atoms with van der Waals surface area (Å²) in [7, 11) is 0. The first kappa shape index (κ1) is 30.3. The molecule has 1 unspecified atom stereocenters. The number of carbonyl (C=O) groups is 1. The van der Waals surface area contributed by atoms with Crippen LogP contribution in [0, 0.1) is 19.8 Å². The molecule has 4 aromatic rings. The zero-order chi connectivity index (χ0) is 29.5. The van der Waals surface area contributed by atoms with E-state index in [0.29, 0.717) is 48.7 Å². The van der Waals surface area contributed by atoms with Crippen LogP contribution in [0.1, 0.15) is 59.3 Å². The SMILES string of the molecule is CSc1ccc(-c2c(C)nc(C(C(C)C)N(CCCN)C(=O)c3ccc(C)cc3)n(Cc3ccccc3)c2=O)cc1. The van der Waals surface area contributed by atoms with Gasteiger partial charge in [0.1, 0.15) is 5.82 Å². The molecule has 0 spiro atoms. The van der Waals surface area contributed by atoms with E-state index in [9.17, 15) is 9.59 Å². The molecule has 4 rings (SSSR count). The summed E-state index contributed by atoms with van der Waals surface area (Å²) in [6.45, 7) is 9.31. The van der Waals surface area contributed by atoms with Crippen molar-refractivity contribution in [2.75, 3.05) is 19.3 Å². The number of nitrogens with zero attached hydrogens (tertiary/aromatic N) is 3. The number of nitrogens with two attached hydrogens (primary N) is 1. The Bertz CT molecular complexity index is 1510. The average Bonchev–Trinajstić information content (AvgIpc) is 2.97. The molecule has 1 atom stereocenters. The first-order valence-electron chi connectivity index (χ1n) is 14.1. The van der Waals surface area contributed by atoms with Crippen molar-refractivity contribution < 1.29 is 4.79 Å². The molecular formula is C34H40N4O2S. The van der Waals surface area contributed by atoms with Crippen LogP contribution in [-0.4, -0.2) is 39.7 Å². The quantitative estimate of drug-likeness (QED) is 0.209. The molecule has 214 valence electrons. The van der Waals surface area contributed by atoms with E-state index in [1.165, 1.54) is 0 Å². The lowest BCUT2D eigenvalue weighted by molar-refractivity contribution is 0.0602. The van der Waals surface area contributed by atoms with E-state index in [2.05, 4.69) is 13.8 Å². The van der Waals surface area contributed by atoms with Gasteiger partial charge >= 0.3 is 0 Å². The Morgan fingerprint density at radius 2 is 1.63 bits per heavy atom. The number of thioether (sulfide) groups is 1. The van der Waals surface area contributed by atoms with E-state index in [4.69, 9.17) is 10.7 Å². The molecular weight excluding hydrogens is 528 g/mol. The van der Waals surface area contributed by atoms with Gasteiger partial charge in [0.25, 0.3) is 11.5 Å². The first-order valence-corrected chi connectivity index (χ1v) is 15.3. The van der Waals surface area contributed by atoms with Crippen molar-refractivity contribution in [3.05, 3.63) is 117 Å². The minimum absolute atomic E-state index is 0.0118. The molecule has 6 nitrogen and oxygen atoms in total. The molecule has 0 aliphatic rings. The molecule has 0 saturated carbocycles. The topological polar surface area (TPSA) is 81.2 Å². The van der Waals surface area contributed by atoms with Crippen LogP contribution >= 0.6 is 11.8 Å². The van der Waals surface area contributed by atoms with Gasteiger partial charge in [-0.05, 0) is 74.4 Å². The number of hydrogen-bond acceptors (Lipinski definition) is 5. The van der Waals surface area contributed by atoms with Crippen LogP contribution < -0.4 is 11.3 Å². The van der Waals surface area contributed by atoms with Gasteiger partial charge in [-0.3, -0.25) is 14.2 Å². The highest BCUT2D eigenvalue weighted by Gasteiger charge is 2.33. The van der Waals surface area contributed by atoms with E-state index in [1.807, 2.05) is 104 Å². The fourth-order valence-corrected chi connectivity index (χ4v) is 5.61. The van der Waals surface area contributed by atoms with Crippen molar-refractivity contribution in [3.63, 3.8) is 0 Å². The molecule has 1 heterocycles. The molecule has 0 aliphatic carbocycles. The average molecular weight is 569 g/mol. The van der Waals surface area contributed by atoms with E-state index in [1.54, 1.807) is 16.3 Å². The third-order valence-corrected chi connectivity index (χ3v) is 8.08. The van der Waals surface area contributed by atoms with Gasteiger partial charge in [-0.1, -0.05) is 74.0 Å². The molecule has 0 aliphatic heterocycles. The molecule has 1 amide bonds. The molecule has 1 aromatic heterocycles. The number of aromatic nitrogens is 2. The first-order chi connectivity index (χ1) is 19.7. The molecule has 0 fully saturated rings. The van der Waals surface area contributed by atoms with Crippen LogP contribution in [0.25, 0.3) is 11.1 Å². The maximum Gasteiger partial charge on any atom is 0.262 e. The van der Waals surface area contributed by atoms with Crippen LogP contribution in [0.15, 0.2) is 88.6 Å². The lowest BCUT2D eigenvalue weighted by atomic mass is 9.98. The standard InChI is InChI=1S/C34H40N4O2S/c1-23(2)31(37(21-9-20-35)33(39)28-14-12-24(3)13-15-28)32-36-25(4)30(27-16-18-29(41-5)19-17-27)34(40)38(32)22-26-10-7-6-8-11-26/h6-8,10-19,23,31H,9,20-22,35H2,1-5H3. The maximum absolute atomic E-state index is 14.4. The van der Waals surface area contributed by atoms with Gasteiger partial charge in [0.05, 0.1) is 23.8 Å². The van der Waals surface area contributed by atoms with Crippen LogP contribution in [0.3, 0.4) is 0 Å². The number of carbonyl (C=O) groups excluding carboxylic acids is 1. The second-order valence-electron chi connectivity index (χ2n) is 10.7. The van der Waals surface area contributed by atoms with E-state index < -0.39 is 6.04 Å². The Morgan fingerprint density at radius 1 is 0.976 bits per heavy atom. The second kappa shape index (κ2) is 13.8. The number of rotatable bonds is 11. The van der Waals surface area contributed by atoms with Crippen molar-refractivity contribution >= 4 is 17.7 Å². The van der Waals surface area contributed by atoms with Gasteiger partial charge in [-0.25, -0.2) is 4.98 Å². The summed E-state index contributed by atoms with van der Waals surface area (Å²) in [5, 5.41) is 0. The maximum atomic E-state index is 14.4. The number of hydrogen-bond donors (Lipinski definition) is 1. The van der Waals surface area contributed by atoms with Crippen molar-refractivity contribution in [2.24, 2.45) is 11.7 Å². The lowest BCUT2D eigenvalue weighted by Gasteiger charge is -2.36. The summed E-state index contributed by atoms with van der Waals surface area (Å²) in [5.74, 6) is 0.488. The van der Waals surface area contributed by atoms with Crippen LogP contribution in [0.5, 0.6) is 0 Å². The minimum Gasteiger partial charge on any atom is -0.330 e. The highest BCUT2D eigenvalue weighted by atomic mass is 32.2. The zero-order valence-corrected chi connectivity index (χ0v) is 25.4. The van der Waals surface area contributed by atoms with E-state index in [-0.39, 0.29) is 17.4 Å². The molecule has 2 N–H and O–H groups in total. The molecule has 0 bridgehead atoms. The van der Waals surface area contributed by atoms with E-state index >= 15 is 0 Å². The van der Waals surface area contributed by atoms with Crippen molar-refractivity contribution in [3.8, 4) is 11.1 Å². The molecule has 41 heavy (non-hydrogen) atoms. The Morgan fingerprint density at radius 3 is 2.22 bits per heavy atom. The highest BCUT2D eigenvalue weighted by molar-refractivity contribution is 7.98. The molecule has 0 saturated heterocycles. The summed E-state index contributed by atoms with van der Waals surface area (Å²) >= 11 is 1.66. The number of benzene rings is 3. The van der Waals surface area contributed by atoms with E-state index in [0.717, 1.165) is 21.6 Å². The van der Waals surface area contributed by atoms with Crippen molar-refractivity contribution in [1.82, 2.24) is 14.5 Å². The van der Waals surface area contributed by atoms with Crippen LogP contribution in [0.4, 0.5) is 0 Å². The third kappa shape index (κ3) is 6.97. The number of amides is 1. The summed E-state index contributed by atoms with van der Waals surface area (Å²) < 4.78 is 1.77. The zero-order valence-electron chi connectivity index (χ0n) is 24.6. The monoisotopic (exact) mass is 568 g/mol. The predicted octanol–water partition coefficient (Wildman–Crippen LogP) is 6.49. The van der Waals surface area contributed by atoms with Gasteiger partial charge in [0.15, 0.2) is 0 Å². The largest absolute Gasteiger partial charge is 0.330 e.